The van der Waals surface area contributed by atoms with Gasteiger partial charge in [-0.1, -0.05) is 30.3 Å². The molecule has 0 aromatic heterocycles. The first-order valence-electron chi connectivity index (χ1n) is 11.8. The Labute approximate surface area is 199 Å². The predicted molar refractivity (Wildman–Crippen MR) is 128 cm³/mol. The molecule has 1 saturated heterocycles. The molecule has 2 aromatic carbocycles. The lowest BCUT2D eigenvalue weighted by molar-refractivity contribution is -0.136. The van der Waals surface area contributed by atoms with Crippen molar-refractivity contribution in [3.8, 4) is 5.75 Å². The van der Waals surface area contributed by atoms with Gasteiger partial charge in [-0.2, -0.15) is 0 Å². The number of benzene rings is 2. The van der Waals surface area contributed by atoms with Gasteiger partial charge in [-0.3, -0.25) is 9.80 Å². The first-order chi connectivity index (χ1) is 16.5. The molecule has 2 aliphatic heterocycles. The summed E-state index contributed by atoms with van der Waals surface area (Å²) in [6, 6.07) is 16.3. The lowest BCUT2D eigenvalue weighted by atomic mass is 9.94. The number of carbonyl (C=O) groups is 2. The summed E-state index contributed by atoms with van der Waals surface area (Å²) in [5.74, 6) is -0.148. The smallest absolute Gasteiger partial charge is 0.338 e. The Balaban J connectivity index is 1.42. The summed E-state index contributed by atoms with van der Waals surface area (Å²) in [4.78, 5) is 32.6. The molecule has 8 nitrogen and oxygen atoms in total. The van der Waals surface area contributed by atoms with Crippen LogP contribution < -0.4 is 10.2 Å². The Morgan fingerprint density at radius 2 is 1.71 bits per heavy atom. The van der Waals surface area contributed by atoms with Crippen LogP contribution in [0.4, 0.5) is 10.5 Å². The number of anilines is 1. The number of nitrogens with one attached hydrogen (secondary N) is 1. The number of amides is 2. The Hall–Kier alpha value is -3.52. The molecule has 34 heavy (non-hydrogen) atoms. The lowest BCUT2D eigenvalue weighted by Crippen LogP contribution is -2.53. The maximum atomic E-state index is 13.2. The average Bonchev–Trinajstić information content (AvgIpc) is 3.70. The molecule has 1 aliphatic carbocycles. The van der Waals surface area contributed by atoms with Crippen LogP contribution in [0.3, 0.4) is 0 Å². The highest BCUT2D eigenvalue weighted by molar-refractivity contribution is 5.95. The van der Waals surface area contributed by atoms with Crippen LogP contribution in [0.25, 0.3) is 0 Å². The summed E-state index contributed by atoms with van der Waals surface area (Å²) in [6.07, 6.45) is 1.88. The van der Waals surface area contributed by atoms with E-state index in [0.717, 1.165) is 56.0 Å². The van der Waals surface area contributed by atoms with Crippen molar-refractivity contribution in [2.75, 3.05) is 44.7 Å². The number of methoxy groups -OCH3 is 1. The molecule has 2 amide bonds. The van der Waals surface area contributed by atoms with E-state index >= 15 is 0 Å². The third kappa shape index (κ3) is 4.46. The number of nitrogens with zero attached hydrogens (tertiary/aromatic N) is 3. The fourth-order valence-corrected chi connectivity index (χ4v) is 4.84. The molecule has 0 spiro atoms. The van der Waals surface area contributed by atoms with Crippen LogP contribution in [0.5, 0.6) is 5.75 Å². The van der Waals surface area contributed by atoms with Gasteiger partial charge in [0.15, 0.2) is 0 Å². The highest BCUT2D eigenvalue weighted by atomic mass is 16.5. The van der Waals surface area contributed by atoms with Crippen LogP contribution in [0.2, 0.25) is 0 Å². The number of ether oxygens (including phenoxy) is 1. The number of aromatic hydroxyl groups is 1. The van der Waals surface area contributed by atoms with Crippen molar-refractivity contribution in [1.29, 1.82) is 0 Å². The molecule has 178 valence electrons. The molecular weight excluding hydrogens is 432 g/mol. The number of esters is 1. The normalized spacial score (nSPS) is 21.4. The van der Waals surface area contributed by atoms with Gasteiger partial charge in [0.25, 0.3) is 0 Å². The van der Waals surface area contributed by atoms with E-state index in [1.54, 1.807) is 17.0 Å². The molecule has 2 fully saturated rings. The van der Waals surface area contributed by atoms with Crippen molar-refractivity contribution in [3.63, 3.8) is 0 Å². The van der Waals surface area contributed by atoms with Gasteiger partial charge >= 0.3 is 12.0 Å². The molecule has 0 bridgehead atoms. The van der Waals surface area contributed by atoms with E-state index in [0.29, 0.717) is 12.1 Å². The van der Waals surface area contributed by atoms with Crippen LogP contribution in [0.1, 0.15) is 24.4 Å². The molecule has 2 N–H and O–H groups in total. The number of piperazine rings is 1. The fourth-order valence-electron chi connectivity index (χ4n) is 4.84. The zero-order valence-electron chi connectivity index (χ0n) is 19.3. The number of urea groups is 1. The van der Waals surface area contributed by atoms with Gasteiger partial charge in [-0.05, 0) is 42.7 Å². The van der Waals surface area contributed by atoms with Crippen molar-refractivity contribution in [2.24, 2.45) is 0 Å². The van der Waals surface area contributed by atoms with E-state index < -0.39 is 12.0 Å². The minimum Gasteiger partial charge on any atom is -0.508 e. The van der Waals surface area contributed by atoms with Crippen molar-refractivity contribution in [3.05, 3.63) is 71.4 Å². The summed E-state index contributed by atoms with van der Waals surface area (Å²) in [5.41, 5.74) is 3.21. The van der Waals surface area contributed by atoms with Crippen LogP contribution in [0.15, 0.2) is 65.9 Å². The predicted octanol–water partition coefficient (Wildman–Crippen LogP) is 2.87. The number of phenols is 1. The van der Waals surface area contributed by atoms with Crippen LogP contribution in [0, 0.1) is 0 Å². The summed E-state index contributed by atoms with van der Waals surface area (Å²) < 4.78 is 5.21. The maximum Gasteiger partial charge on any atom is 0.338 e. The maximum absolute atomic E-state index is 13.2. The summed E-state index contributed by atoms with van der Waals surface area (Å²) in [7, 11) is 1.39. The molecule has 2 heterocycles. The fraction of sp³-hybridized carbons (Fsp3) is 0.385. The van der Waals surface area contributed by atoms with E-state index in [-0.39, 0.29) is 17.8 Å². The molecular formula is C26H30N4O4. The van der Waals surface area contributed by atoms with Crippen molar-refractivity contribution in [1.82, 2.24) is 15.1 Å². The second kappa shape index (κ2) is 9.38. The zero-order valence-corrected chi connectivity index (χ0v) is 19.3. The second-order valence-electron chi connectivity index (χ2n) is 9.03. The van der Waals surface area contributed by atoms with E-state index in [4.69, 9.17) is 4.74 Å². The summed E-state index contributed by atoms with van der Waals surface area (Å²) >= 11 is 0. The molecule has 1 saturated carbocycles. The first kappa shape index (κ1) is 22.3. The Morgan fingerprint density at radius 1 is 1.03 bits per heavy atom. The number of rotatable bonds is 6. The molecule has 1 unspecified atom stereocenters. The van der Waals surface area contributed by atoms with E-state index in [9.17, 15) is 14.7 Å². The molecule has 3 aliphatic rings. The second-order valence-corrected chi connectivity index (χ2v) is 9.03. The van der Waals surface area contributed by atoms with E-state index in [1.807, 2.05) is 42.5 Å². The van der Waals surface area contributed by atoms with Gasteiger partial charge in [-0.25, -0.2) is 9.59 Å². The van der Waals surface area contributed by atoms with Crippen LogP contribution in [-0.2, 0) is 9.53 Å². The highest BCUT2D eigenvalue weighted by Crippen LogP contribution is 2.38. The minimum atomic E-state index is -0.538. The molecule has 2 aromatic rings. The summed E-state index contributed by atoms with van der Waals surface area (Å²) in [5, 5.41) is 12.6. The molecule has 5 rings (SSSR count). The quantitative estimate of drug-likeness (QED) is 0.643. The number of carbonyl (C=O) groups excluding carboxylic acids is 2. The molecule has 8 heteroatoms. The van der Waals surface area contributed by atoms with Crippen LogP contribution >= 0.6 is 0 Å². The van der Waals surface area contributed by atoms with Crippen molar-refractivity contribution >= 4 is 17.7 Å². The molecule has 1 atom stereocenters. The standard InChI is InChI=1S/C26H30N4O4/c1-34-25(32)23-22(17-28-13-15-29(16-14-28)19-9-11-21(31)12-10-19)30(20-7-8-20)26(33)27-24(23)18-5-3-2-4-6-18/h2-6,9-12,20,24,31H,7-8,13-17H2,1H3,(H,27,33). The zero-order chi connectivity index (χ0) is 23.7. The van der Waals surface area contributed by atoms with Crippen molar-refractivity contribution in [2.45, 2.75) is 24.9 Å². The molecule has 0 radical (unpaired) electrons. The van der Waals surface area contributed by atoms with Gasteiger partial charge in [0.1, 0.15) is 5.75 Å². The van der Waals surface area contributed by atoms with E-state index in [2.05, 4.69) is 15.1 Å². The monoisotopic (exact) mass is 462 g/mol. The minimum absolute atomic E-state index is 0.129. The Morgan fingerprint density at radius 3 is 2.32 bits per heavy atom. The average molecular weight is 463 g/mol. The summed E-state index contributed by atoms with van der Waals surface area (Å²) in [6.45, 7) is 3.76. The van der Waals surface area contributed by atoms with Crippen molar-refractivity contribution < 1.29 is 19.4 Å². The highest BCUT2D eigenvalue weighted by Gasteiger charge is 2.44. The van der Waals surface area contributed by atoms with Gasteiger partial charge < -0.3 is 20.1 Å². The van der Waals surface area contributed by atoms with E-state index in [1.165, 1.54) is 7.11 Å². The first-order valence-corrected chi connectivity index (χ1v) is 11.8. The van der Waals surface area contributed by atoms with Gasteiger partial charge in [0, 0.05) is 50.2 Å². The lowest BCUT2D eigenvalue weighted by Gasteiger charge is -2.41. The topological polar surface area (TPSA) is 85.4 Å². The third-order valence-electron chi connectivity index (χ3n) is 6.79. The third-order valence-corrected chi connectivity index (χ3v) is 6.79. The largest absolute Gasteiger partial charge is 0.508 e. The van der Waals surface area contributed by atoms with Gasteiger partial charge in [0.05, 0.1) is 18.7 Å². The van der Waals surface area contributed by atoms with Gasteiger partial charge in [-0.15, -0.1) is 0 Å². The SMILES string of the molecule is COC(=O)C1=C(CN2CCN(c3ccc(O)cc3)CC2)N(C2CC2)C(=O)NC1c1ccccc1. The number of phenolic OH excluding ortho intramolecular Hbond substituents is 1. The Kier molecular flexibility index (Phi) is 6.15. The Bertz CT molecular complexity index is 1070. The number of hydrogen-bond donors (Lipinski definition) is 2. The van der Waals surface area contributed by atoms with Crippen LogP contribution in [-0.4, -0.2) is 72.8 Å². The van der Waals surface area contributed by atoms with Gasteiger partial charge in [0.2, 0.25) is 0 Å². The number of hydrogen-bond acceptors (Lipinski definition) is 6.